The summed E-state index contributed by atoms with van der Waals surface area (Å²) in [6.45, 7) is 1.58. The average molecular weight is 206 g/mol. The molecule has 1 aromatic rings. The van der Waals surface area contributed by atoms with E-state index in [2.05, 4.69) is 10.4 Å². The molecule has 0 bridgehead atoms. The standard InChI is InChI=1S/C9H10N4O2/c14-13(15)9-3-1-8(2-4-9)12-6-5-10-7-11-12/h1-4,7H,5-6H2,(H,10,11). The molecule has 0 spiro atoms. The first kappa shape index (κ1) is 9.45. The van der Waals surface area contributed by atoms with Crippen molar-refractivity contribution in [2.24, 2.45) is 5.10 Å². The molecule has 6 nitrogen and oxygen atoms in total. The maximum Gasteiger partial charge on any atom is 0.269 e. The Labute approximate surface area is 86.3 Å². The van der Waals surface area contributed by atoms with Crippen LogP contribution in [0.2, 0.25) is 0 Å². The Balaban J connectivity index is 2.19. The lowest BCUT2D eigenvalue weighted by Crippen LogP contribution is -2.33. The molecule has 0 saturated carbocycles. The van der Waals surface area contributed by atoms with E-state index in [4.69, 9.17) is 0 Å². The Morgan fingerprint density at radius 3 is 2.67 bits per heavy atom. The summed E-state index contributed by atoms with van der Waals surface area (Å²) in [6, 6.07) is 6.35. The third kappa shape index (κ3) is 2.04. The van der Waals surface area contributed by atoms with Crippen LogP contribution in [-0.2, 0) is 0 Å². The van der Waals surface area contributed by atoms with Crippen molar-refractivity contribution in [2.45, 2.75) is 0 Å². The van der Waals surface area contributed by atoms with Crippen molar-refractivity contribution in [2.75, 3.05) is 18.1 Å². The molecule has 78 valence electrons. The van der Waals surface area contributed by atoms with E-state index >= 15 is 0 Å². The van der Waals surface area contributed by atoms with Crippen LogP contribution in [0.15, 0.2) is 29.4 Å². The van der Waals surface area contributed by atoms with E-state index < -0.39 is 4.92 Å². The zero-order valence-corrected chi connectivity index (χ0v) is 7.96. The van der Waals surface area contributed by atoms with Crippen molar-refractivity contribution in [1.29, 1.82) is 0 Å². The Morgan fingerprint density at radius 2 is 2.13 bits per heavy atom. The number of nitrogens with one attached hydrogen (secondary N) is 1. The Kier molecular flexibility index (Phi) is 2.49. The zero-order valence-electron chi connectivity index (χ0n) is 7.96. The van der Waals surface area contributed by atoms with Gasteiger partial charge >= 0.3 is 0 Å². The van der Waals surface area contributed by atoms with E-state index in [0.29, 0.717) is 0 Å². The topological polar surface area (TPSA) is 70.8 Å². The summed E-state index contributed by atoms with van der Waals surface area (Å²) < 4.78 is 0. The second-order valence-electron chi connectivity index (χ2n) is 3.10. The van der Waals surface area contributed by atoms with E-state index in [9.17, 15) is 10.1 Å². The molecule has 0 aromatic heterocycles. The average Bonchev–Trinajstić information content (AvgIpc) is 2.30. The summed E-state index contributed by atoms with van der Waals surface area (Å²) in [4.78, 5) is 10.0. The molecule has 0 unspecified atom stereocenters. The van der Waals surface area contributed by atoms with Gasteiger partial charge in [0.1, 0.15) is 6.34 Å². The summed E-state index contributed by atoms with van der Waals surface area (Å²) in [7, 11) is 0. The van der Waals surface area contributed by atoms with E-state index in [0.717, 1.165) is 18.8 Å². The highest BCUT2D eigenvalue weighted by molar-refractivity contribution is 5.60. The van der Waals surface area contributed by atoms with Gasteiger partial charge in [-0.2, -0.15) is 5.10 Å². The van der Waals surface area contributed by atoms with Gasteiger partial charge in [0, 0.05) is 18.7 Å². The quantitative estimate of drug-likeness (QED) is 0.577. The monoisotopic (exact) mass is 206 g/mol. The van der Waals surface area contributed by atoms with Crippen molar-refractivity contribution in [3.05, 3.63) is 34.4 Å². The smallest absolute Gasteiger partial charge is 0.269 e. The van der Waals surface area contributed by atoms with Gasteiger partial charge in [0.15, 0.2) is 0 Å². The molecule has 0 saturated heterocycles. The van der Waals surface area contributed by atoms with Crippen molar-refractivity contribution in [3.63, 3.8) is 0 Å². The maximum absolute atomic E-state index is 10.4. The molecular formula is C9H10N4O2. The number of nitro benzene ring substituents is 1. The van der Waals surface area contributed by atoms with Crippen LogP contribution in [0.1, 0.15) is 0 Å². The van der Waals surface area contributed by atoms with Crippen LogP contribution in [0, 0.1) is 10.1 Å². The van der Waals surface area contributed by atoms with Gasteiger partial charge in [-0.15, -0.1) is 0 Å². The van der Waals surface area contributed by atoms with Gasteiger partial charge < -0.3 is 5.32 Å². The second-order valence-corrected chi connectivity index (χ2v) is 3.10. The van der Waals surface area contributed by atoms with Crippen molar-refractivity contribution in [1.82, 2.24) is 5.32 Å². The van der Waals surface area contributed by atoms with Gasteiger partial charge in [0.25, 0.3) is 5.69 Å². The van der Waals surface area contributed by atoms with E-state index in [1.54, 1.807) is 23.5 Å². The van der Waals surface area contributed by atoms with E-state index in [-0.39, 0.29) is 5.69 Å². The highest BCUT2D eigenvalue weighted by Crippen LogP contribution is 2.19. The fourth-order valence-corrected chi connectivity index (χ4v) is 1.35. The SMILES string of the molecule is O=[N+]([O-])c1ccc(N2CCNC=N2)cc1. The molecule has 0 radical (unpaired) electrons. The summed E-state index contributed by atoms with van der Waals surface area (Å²) in [5.41, 5.74) is 0.955. The number of anilines is 1. The predicted molar refractivity (Wildman–Crippen MR) is 56.9 cm³/mol. The molecule has 1 aliphatic heterocycles. The first-order chi connectivity index (χ1) is 7.27. The van der Waals surface area contributed by atoms with Crippen LogP contribution < -0.4 is 10.3 Å². The van der Waals surface area contributed by atoms with E-state index in [1.165, 1.54) is 12.1 Å². The molecule has 15 heavy (non-hydrogen) atoms. The number of rotatable bonds is 2. The molecule has 0 aliphatic carbocycles. The highest BCUT2D eigenvalue weighted by atomic mass is 16.6. The number of nitro groups is 1. The summed E-state index contributed by atoms with van der Waals surface area (Å²) >= 11 is 0. The van der Waals surface area contributed by atoms with Gasteiger partial charge in [-0.1, -0.05) is 0 Å². The largest absolute Gasteiger partial charge is 0.373 e. The molecule has 1 aliphatic rings. The fraction of sp³-hybridized carbons (Fsp3) is 0.222. The first-order valence-corrected chi connectivity index (χ1v) is 4.55. The Hall–Kier alpha value is -2.11. The molecule has 2 rings (SSSR count). The van der Waals surface area contributed by atoms with Crippen LogP contribution in [0.5, 0.6) is 0 Å². The minimum Gasteiger partial charge on any atom is -0.373 e. The van der Waals surface area contributed by atoms with Gasteiger partial charge in [-0.05, 0) is 12.1 Å². The lowest BCUT2D eigenvalue weighted by molar-refractivity contribution is -0.384. The molecule has 0 atom stereocenters. The Bertz CT molecular complexity index is 388. The molecule has 1 N–H and O–H groups in total. The summed E-state index contributed by atoms with van der Waals surface area (Å²) in [5, 5.41) is 19.3. The van der Waals surface area contributed by atoms with Gasteiger partial charge in [-0.25, -0.2) is 0 Å². The first-order valence-electron chi connectivity index (χ1n) is 4.55. The maximum atomic E-state index is 10.4. The van der Waals surface area contributed by atoms with Crippen molar-refractivity contribution >= 4 is 17.7 Å². The molecular weight excluding hydrogens is 196 g/mol. The number of hydrogen-bond acceptors (Lipinski definition) is 5. The molecule has 1 heterocycles. The molecule has 0 amide bonds. The number of nitrogens with zero attached hydrogens (tertiary/aromatic N) is 3. The summed E-state index contributed by atoms with van der Waals surface area (Å²) in [6.07, 6.45) is 1.62. The lowest BCUT2D eigenvalue weighted by atomic mass is 10.3. The second kappa shape index (κ2) is 3.95. The molecule has 1 aromatic carbocycles. The van der Waals surface area contributed by atoms with Crippen LogP contribution >= 0.6 is 0 Å². The van der Waals surface area contributed by atoms with Crippen LogP contribution in [0.3, 0.4) is 0 Å². The number of hydrogen-bond donors (Lipinski definition) is 1. The van der Waals surface area contributed by atoms with Crippen LogP contribution in [0.4, 0.5) is 11.4 Å². The third-order valence-corrected chi connectivity index (χ3v) is 2.11. The van der Waals surface area contributed by atoms with Crippen molar-refractivity contribution in [3.8, 4) is 0 Å². The van der Waals surface area contributed by atoms with Gasteiger partial charge in [-0.3, -0.25) is 15.1 Å². The minimum absolute atomic E-state index is 0.0952. The van der Waals surface area contributed by atoms with Crippen LogP contribution in [0.25, 0.3) is 0 Å². The third-order valence-electron chi connectivity index (χ3n) is 2.11. The van der Waals surface area contributed by atoms with Gasteiger partial charge in [0.05, 0.1) is 17.2 Å². The Morgan fingerprint density at radius 1 is 1.40 bits per heavy atom. The van der Waals surface area contributed by atoms with Gasteiger partial charge in [0.2, 0.25) is 0 Å². The van der Waals surface area contributed by atoms with Crippen LogP contribution in [-0.4, -0.2) is 24.4 Å². The predicted octanol–water partition coefficient (Wildman–Crippen LogP) is 0.948. The number of hydrazone groups is 1. The highest BCUT2D eigenvalue weighted by Gasteiger charge is 2.09. The summed E-state index contributed by atoms with van der Waals surface area (Å²) in [5.74, 6) is 0. The zero-order chi connectivity index (χ0) is 10.7. The van der Waals surface area contributed by atoms with E-state index in [1.807, 2.05) is 0 Å². The normalized spacial score (nSPS) is 14.8. The molecule has 6 heteroatoms. The molecule has 0 fully saturated rings. The fourth-order valence-electron chi connectivity index (χ4n) is 1.35. The minimum atomic E-state index is -0.412. The van der Waals surface area contributed by atoms with Crippen molar-refractivity contribution < 1.29 is 4.92 Å². The number of non-ortho nitro benzene ring substituents is 1. The lowest BCUT2D eigenvalue weighted by Gasteiger charge is -2.22. The number of benzene rings is 1.